The van der Waals surface area contributed by atoms with E-state index in [1.54, 1.807) is 25.1 Å². The molecule has 2 N–H and O–H groups in total. The van der Waals surface area contributed by atoms with Crippen molar-refractivity contribution in [2.24, 2.45) is 0 Å². The van der Waals surface area contributed by atoms with Gasteiger partial charge in [0.05, 0.1) is 43.4 Å². The van der Waals surface area contributed by atoms with E-state index in [0.717, 1.165) is 0 Å². The van der Waals surface area contributed by atoms with Crippen LogP contribution in [0.15, 0.2) is 18.2 Å². The summed E-state index contributed by atoms with van der Waals surface area (Å²) in [7, 11) is 0. The average Bonchev–Trinajstić information content (AvgIpc) is 2.57. The molecular formula is C17H24N2O5. The highest BCUT2D eigenvalue weighted by molar-refractivity contribution is 5.99. The molecule has 1 fully saturated rings. The van der Waals surface area contributed by atoms with Crippen LogP contribution < -0.4 is 10.6 Å². The Bertz CT molecular complexity index is 582. The molecule has 1 aliphatic heterocycles. The lowest BCUT2D eigenvalue weighted by molar-refractivity contribution is -0.142. The van der Waals surface area contributed by atoms with Crippen LogP contribution >= 0.6 is 0 Å². The fraction of sp³-hybridized carbons (Fsp3) is 0.529. The first-order valence-corrected chi connectivity index (χ1v) is 8.09. The largest absolute Gasteiger partial charge is 0.462 e. The van der Waals surface area contributed by atoms with Crippen molar-refractivity contribution in [3.8, 4) is 0 Å². The minimum atomic E-state index is -0.629. The van der Waals surface area contributed by atoms with E-state index in [1.807, 2.05) is 13.8 Å². The van der Waals surface area contributed by atoms with Crippen molar-refractivity contribution in [1.82, 2.24) is 0 Å². The molecule has 1 amide bonds. The predicted molar refractivity (Wildman–Crippen MR) is 90.3 cm³/mol. The first-order chi connectivity index (χ1) is 11.5. The fourth-order valence-corrected chi connectivity index (χ4v) is 2.28. The molecule has 1 aliphatic rings. The molecule has 132 valence electrons. The van der Waals surface area contributed by atoms with Gasteiger partial charge in [0.2, 0.25) is 0 Å². The van der Waals surface area contributed by atoms with Gasteiger partial charge < -0.3 is 24.8 Å². The van der Waals surface area contributed by atoms with Crippen LogP contribution in [0.4, 0.5) is 11.4 Å². The Morgan fingerprint density at radius 3 is 2.71 bits per heavy atom. The number of ether oxygens (including phenoxy) is 3. The molecule has 0 aliphatic carbocycles. The molecule has 1 saturated heterocycles. The standard InChI is InChI=1S/C17H24N2O5/c1-4-23-17(21)12-5-6-13(14(9-12)18-11(2)3)19-16(20)15-10-22-7-8-24-15/h5-6,9,11,15,18H,4,7-8,10H2,1-3H3,(H,19,20). The molecule has 0 aromatic heterocycles. The highest BCUT2D eigenvalue weighted by atomic mass is 16.6. The van der Waals surface area contributed by atoms with Crippen LogP contribution in [0, 0.1) is 0 Å². The quantitative estimate of drug-likeness (QED) is 0.773. The van der Waals surface area contributed by atoms with E-state index < -0.39 is 12.1 Å². The van der Waals surface area contributed by atoms with Crippen molar-refractivity contribution in [2.45, 2.75) is 32.9 Å². The maximum Gasteiger partial charge on any atom is 0.338 e. The van der Waals surface area contributed by atoms with E-state index in [2.05, 4.69) is 10.6 Å². The van der Waals surface area contributed by atoms with Crippen LogP contribution in [0.5, 0.6) is 0 Å². The number of rotatable bonds is 6. The maximum atomic E-state index is 12.3. The van der Waals surface area contributed by atoms with Gasteiger partial charge in [0.15, 0.2) is 6.10 Å². The van der Waals surface area contributed by atoms with Crippen LogP contribution in [-0.4, -0.2) is 50.4 Å². The van der Waals surface area contributed by atoms with E-state index in [4.69, 9.17) is 14.2 Å². The summed E-state index contributed by atoms with van der Waals surface area (Å²) in [5, 5.41) is 6.05. The summed E-state index contributed by atoms with van der Waals surface area (Å²) in [6.45, 7) is 7.14. The number of hydrogen-bond donors (Lipinski definition) is 2. The van der Waals surface area contributed by atoms with Crippen LogP contribution in [0.2, 0.25) is 0 Å². The number of amides is 1. The van der Waals surface area contributed by atoms with Gasteiger partial charge in [-0.3, -0.25) is 4.79 Å². The number of benzene rings is 1. The van der Waals surface area contributed by atoms with Crippen LogP contribution in [0.25, 0.3) is 0 Å². The minimum Gasteiger partial charge on any atom is -0.462 e. The summed E-state index contributed by atoms with van der Waals surface area (Å²) in [5.41, 5.74) is 1.66. The molecule has 0 radical (unpaired) electrons. The zero-order valence-corrected chi connectivity index (χ0v) is 14.3. The molecule has 1 aromatic rings. The fourth-order valence-electron chi connectivity index (χ4n) is 2.28. The molecule has 1 heterocycles. The van der Waals surface area contributed by atoms with Gasteiger partial charge >= 0.3 is 5.97 Å². The van der Waals surface area contributed by atoms with E-state index >= 15 is 0 Å². The van der Waals surface area contributed by atoms with Gasteiger partial charge in [-0.2, -0.15) is 0 Å². The van der Waals surface area contributed by atoms with E-state index in [-0.39, 0.29) is 18.6 Å². The highest BCUT2D eigenvalue weighted by Gasteiger charge is 2.23. The molecule has 1 atom stereocenters. The number of anilines is 2. The summed E-state index contributed by atoms with van der Waals surface area (Å²) < 4.78 is 15.7. The lowest BCUT2D eigenvalue weighted by Gasteiger charge is -2.23. The summed E-state index contributed by atoms with van der Waals surface area (Å²) in [6.07, 6.45) is -0.629. The highest BCUT2D eigenvalue weighted by Crippen LogP contribution is 2.25. The molecule has 0 saturated carbocycles. The summed E-state index contributed by atoms with van der Waals surface area (Å²) in [5.74, 6) is -0.670. The van der Waals surface area contributed by atoms with Crippen LogP contribution in [-0.2, 0) is 19.0 Å². The second kappa shape index (κ2) is 8.65. The Kier molecular flexibility index (Phi) is 6.57. The third-order valence-electron chi connectivity index (χ3n) is 3.34. The number of carbonyl (C=O) groups excluding carboxylic acids is 2. The molecule has 0 bridgehead atoms. The molecule has 7 heteroatoms. The zero-order chi connectivity index (χ0) is 17.5. The summed E-state index contributed by atoms with van der Waals surface area (Å²) in [4.78, 5) is 24.2. The minimum absolute atomic E-state index is 0.132. The Labute approximate surface area is 141 Å². The van der Waals surface area contributed by atoms with Gasteiger partial charge in [0.1, 0.15) is 0 Å². The zero-order valence-electron chi connectivity index (χ0n) is 14.3. The second-order valence-corrected chi connectivity index (χ2v) is 5.70. The van der Waals surface area contributed by atoms with Gasteiger partial charge in [-0.05, 0) is 39.0 Å². The number of esters is 1. The topological polar surface area (TPSA) is 85.9 Å². The normalized spacial score (nSPS) is 17.4. The average molecular weight is 336 g/mol. The summed E-state index contributed by atoms with van der Waals surface area (Å²) in [6, 6.07) is 5.11. The lowest BCUT2D eigenvalue weighted by Crippen LogP contribution is -2.39. The van der Waals surface area contributed by atoms with Gasteiger partial charge in [0, 0.05) is 6.04 Å². The van der Waals surface area contributed by atoms with E-state index in [1.165, 1.54) is 0 Å². The van der Waals surface area contributed by atoms with Crippen LogP contribution in [0.3, 0.4) is 0 Å². The van der Waals surface area contributed by atoms with Gasteiger partial charge in [-0.15, -0.1) is 0 Å². The monoisotopic (exact) mass is 336 g/mol. The molecular weight excluding hydrogens is 312 g/mol. The van der Waals surface area contributed by atoms with E-state index in [0.29, 0.717) is 36.8 Å². The number of nitrogens with one attached hydrogen (secondary N) is 2. The smallest absolute Gasteiger partial charge is 0.338 e. The molecule has 1 aromatic carbocycles. The third-order valence-corrected chi connectivity index (χ3v) is 3.34. The third kappa shape index (κ3) is 4.94. The first-order valence-electron chi connectivity index (χ1n) is 8.09. The van der Waals surface area contributed by atoms with Gasteiger partial charge in [-0.1, -0.05) is 0 Å². The van der Waals surface area contributed by atoms with E-state index in [9.17, 15) is 9.59 Å². The van der Waals surface area contributed by atoms with Crippen molar-refractivity contribution in [3.05, 3.63) is 23.8 Å². The Morgan fingerprint density at radius 1 is 1.29 bits per heavy atom. The SMILES string of the molecule is CCOC(=O)c1ccc(NC(=O)C2COCCO2)c(NC(C)C)c1. The van der Waals surface area contributed by atoms with Gasteiger partial charge in [0.25, 0.3) is 5.91 Å². The number of hydrogen-bond acceptors (Lipinski definition) is 6. The molecule has 2 rings (SSSR count). The Morgan fingerprint density at radius 2 is 2.08 bits per heavy atom. The predicted octanol–water partition coefficient (Wildman–Crippen LogP) is 2.04. The van der Waals surface area contributed by atoms with Gasteiger partial charge in [-0.25, -0.2) is 4.79 Å². The van der Waals surface area contributed by atoms with Crippen molar-refractivity contribution in [2.75, 3.05) is 37.1 Å². The van der Waals surface area contributed by atoms with Crippen molar-refractivity contribution >= 4 is 23.3 Å². The Balaban J connectivity index is 2.17. The number of carbonyl (C=O) groups is 2. The van der Waals surface area contributed by atoms with Crippen molar-refractivity contribution in [1.29, 1.82) is 0 Å². The maximum absolute atomic E-state index is 12.3. The van der Waals surface area contributed by atoms with Crippen LogP contribution in [0.1, 0.15) is 31.1 Å². The lowest BCUT2D eigenvalue weighted by atomic mass is 10.1. The molecule has 1 unspecified atom stereocenters. The second-order valence-electron chi connectivity index (χ2n) is 5.70. The Hall–Kier alpha value is -2.12. The summed E-state index contributed by atoms with van der Waals surface area (Å²) >= 11 is 0. The molecule has 0 spiro atoms. The van der Waals surface area contributed by atoms with Crippen molar-refractivity contribution in [3.63, 3.8) is 0 Å². The van der Waals surface area contributed by atoms with Crippen molar-refractivity contribution < 1.29 is 23.8 Å². The molecule has 24 heavy (non-hydrogen) atoms. The first kappa shape index (κ1) is 18.2. The molecule has 7 nitrogen and oxygen atoms in total.